The summed E-state index contributed by atoms with van der Waals surface area (Å²) in [5, 5.41) is 0. The van der Waals surface area contributed by atoms with Crippen molar-refractivity contribution in [2.75, 3.05) is 60.6 Å². The van der Waals surface area contributed by atoms with Gasteiger partial charge in [-0.1, -0.05) is 0 Å². The summed E-state index contributed by atoms with van der Waals surface area (Å²) in [6, 6.07) is 3.77. The Morgan fingerprint density at radius 2 is 1.59 bits per heavy atom. The highest BCUT2D eigenvalue weighted by atomic mass is 16.6. The first-order chi connectivity index (χ1) is 15.1. The number of piperazine rings is 1. The Labute approximate surface area is 190 Å². The van der Waals surface area contributed by atoms with Gasteiger partial charge in [0, 0.05) is 38.7 Å². The molecule has 0 spiro atoms. The molecular weight excluding hydrogens is 414 g/mol. The van der Waals surface area contributed by atoms with Crippen LogP contribution >= 0.6 is 0 Å². The average molecular weight is 451 g/mol. The van der Waals surface area contributed by atoms with Gasteiger partial charge in [-0.2, -0.15) is 0 Å². The number of quaternary nitrogens is 1. The number of methoxy groups -OCH3 is 2. The van der Waals surface area contributed by atoms with Gasteiger partial charge in [0.2, 0.25) is 0 Å². The van der Waals surface area contributed by atoms with Crippen molar-refractivity contribution < 1.29 is 33.0 Å². The average Bonchev–Trinajstić information content (AvgIpc) is 2.74. The number of hydrogen-bond donors (Lipinski definition) is 0. The molecule has 3 amide bonds. The van der Waals surface area contributed by atoms with Crippen molar-refractivity contribution in [2.45, 2.75) is 39.3 Å². The van der Waals surface area contributed by atoms with E-state index < -0.39 is 5.60 Å². The van der Waals surface area contributed by atoms with Gasteiger partial charge in [-0.25, -0.2) is 14.1 Å². The number of benzene rings is 1. The van der Waals surface area contributed by atoms with E-state index in [1.165, 1.54) is 0 Å². The second kappa shape index (κ2) is 9.44. The molecule has 1 saturated heterocycles. The Hall–Kier alpha value is -2.68. The minimum Gasteiger partial charge on any atom is -0.493 e. The number of rotatable bonds is 2. The molecule has 1 fully saturated rings. The van der Waals surface area contributed by atoms with Crippen LogP contribution in [0, 0.1) is 0 Å². The molecule has 32 heavy (non-hydrogen) atoms. The Morgan fingerprint density at radius 3 is 2.19 bits per heavy atom. The molecule has 0 saturated carbocycles. The van der Waals surface area contributed by atoms with Gasteiger partial charge >= 0.3 is 12.1 Å². The molecule has 9 heteroatoms. The van der Waals surface area contributed by atoms with Crippen LogP contribution in [0.5, 0.6) is 17.2 Å². The zero-order valence-electron chi connectivity index (χ0n) is 20.1. The van der Waals surface area contributed by atoms with Crippen LogP contribution in [0.2, 0.25) is 0 Å². The Balaban J connectivity index is 1.73. The van der Waals surface area contributed by atoms with Gasteiger partial charge in [0.15, 0.2) is 11.5 Å². The lowest BCUT2D eigenvalue weighted by Gasteiger charge is -2.41. The van der Waals surface area contributed by atoms with E-state index in [1.807, 2.05) is 44.9 Å². The number of nitrogens with zero attached hydrogens (tertiary/aromatic N) is 3. The van der Waals surface area contributed by atoms with Crippen LogP contribution in [0.4, 0.5) is 9.59 Å². The number of amides is 3. The van der Waals surface area contributed by atoms with Gasteiger partial charge in [0.25, 0.3) is 0 Å². The normalized spacial score (nSPS) is 21.6. The number of hydrogen-bond acceptors (Lipinski definition) is 6. The maximum absolute atomic E-state index is 13.6. The van der Waals surface area contributed by atoms with Crippen LogP contribution in [0.3, 0.4) is 0 Å². The third-order valence-electron chi connectivity index (χ3n) is 5.80. The maximum Gasteiger partial charge on any atom is 0.419 e. The lowest BCUT2D eigenvalue weighted by Crippen LogP contribution is -2.60. The fourth-order valence-corrected chi connectivity index (χ4v) is 4.12. The van der Waals surface area contributed by atoms with Crippen LogP contribution in [-0.4, -0.2) is 92.6 Å². The number of carbonyl (C=O) groups is 2. The Kier molecular flexibility index (Phi) is 7.07. The monoisotopic (exact) mass is 450 g/mol. The van der Waals surface area contributed by atoms with E-state index in [-0.39, 0.29) is 16.6 Å². The lowest BCUT2D eigenvalue weighted by molar-refractivity contribution is -0.848. The van der Waals surface area contributed by atoms with Gasteiger partial charge in [0.1, 0.15) is 17.9 Å². The van der Waals surface area contributed by atoms with E-state index in [4.69, 9.17) is 18.9 Å². The summed E-state index contributed by atoms with van der Waals surface area (Å²) < 4.78 is 22.5. The van der Waals surface area contributed by atoms with Crippen LogP contribution in [0.1, 0.15) is 32.8 Å². The minimum atomic E-state index is -0.535. The van der Waals surface area contributed by atoms with E-state index in [9.17, 15) is 9.59 Å². The third kappa shape index (κ3) is 5.38. The van der Waals surface area contributed by atoms with Crippen molar-refractivity contribution >= 4 is 12.1 Å². The van der Waals surface area contributed by atoms with E-state index in [0.717, 1.165) is 12.0 Å². The summed E-state index contributed by atoms with van der Waals surface area (Å²) in [6.07, 6.45) is 0.428. The van der Waals surface area contributed by atoms with E-state index >= 15 is 0 Å². The van der Waals surface area contributed by atoms with Crippen LogP contribution < -0.4 is 14.2 Å². The van der Waals surface area contributed by atoms with Crippen LogP contribution in [0.15, 0.2) is 12.1 Å². The molecule has 0 radical (unpaired) electrons. The SMILES string of the molecule is COc1cc2c(cc1OC)OCCC[N+](C)(C(=O)N1CCN(C(=O)OC(C)(C)C)CC1)C2. The summed E-state index contributed by atoms with van der Waals surface area (Å²) in [7, 11) is 5.15. The predicted molar refractivity (Wildman–Crippen MR) is 119 cm³/mol. The molecule has 178 valence electrons. The van der Waals surface area contributed by atoms with E-state index in [0.29, 0.717) is 63.1 Å². The quantitative estimate of drug-likeness (QED) is 0.645. The summed E-state index contributed by atoms with van der Waals surface area (Å²) in [4.78, 5) is 29.5. The van der Waals surface area contributed by atoms with Crippen LogP contribution in [-0.2, 0) is 11.3 Å². The van der Waals surface area contributed by atoms with Crippen molar-refractivity contribution in [3.63, 3.8) is 0 Å². The highest BCUT2D eigenvalue weighted by Gasteiger charge is 2.40. The Morgan fingerprint density at radius 1 is 1.00 bits per heavy atom. The van der Waals surface area contributed by atoms with Crippen molar-refractivity contribution in [2.24, 2.45) is 0 Å². The molecule has 0 aromatic heterocycles. The standard InChI is InChI=1S/C23H36N3O6/c1-23(2,3)32-22(28)25-10-8-24(9-11-25)21(27)26(4)12-7-13-31-18-15-20(30-6)19(29-5)14-17(18)16-26/h14-15H,7-13,16H2,1-6H3/q+1. The van der Waals surface area contributed by atoms with Crippen molar-refractivity contribution in [1.82, 2.24) is 9.80 Å². The molecule has 2 aliphatic rings. The molecule has 2 aliphatic heterocycles. The number of carbonyl (C=O) groups excluding carboxylic acids is 2. The zero-order chi connectivity index (χ0) is 23.5. The second-order valence-electron chi connectivity index (χ2n) is 9.53. The Bertz CT molecular complexity index is 845. The smallest absolute Gasteiger partial charge is 0.419 e. The van der Waals surface area contributed by atoms with Gasteiger partial charge < -0.3 is 23.8 Å². The highest BCUT2D eigenvalue weighted by Crippen LogP contribution is 2.37. The van der Waals surface area contributed by atoms with Crippen molar-refractivity contribution in [1.29, 1.82) is 0 Å². The molecule has 1 aromatic rings. The summed E-state index contributed by atoms with van der Waals surface area (Å²) in [6.45, 7) is 9.13. The van der Waals surface area contributed by atoms with E-state index in [1.54, 1.807) is 19.1 Å². The second-order valence-corrected chi connectivity index (χ2v) is 9.53. The molecular formula is C23H36N3O6+. The molecule has 2 heterocycles. The predicted octanol–water partition coefficient (Wildman–Crippen LogP) is 3.11. The zero-order valence-corrected chi connectivity index (χ0v) is 20.1. The first-order valence-corrected chi connectivity index (χ1v) is 11.1. The molecule has 0 N–H and O–H groups in total. The summed E-state index contributed by atoms with van der Waals surface area (Å²) >= 11 is 0. The third-order valence-corrected chi connectivity index (χ3v) is 5.80. The topological polar surface area (TPSA) is 77.5 Å². The van der Waals surface area contributed by atoms with Gasteiger partial charge in [-0.05, 0) is 26.8 Å². The summed E-state index contributed by atoms with van der Waals surface area (Å²) in [5.41, 5.74) is 0.373. The van der Waals surface area contributed by atoms with Gasteiger partial charge in [-0.15, -0.1) is 0 Å². The highest BCUT2D eigenvalue weighted by molar-refractivity contribution is 5.70. The fourth-order valence-electron chi connectivity index (χ4n) is 4.12. The maximum atomic E-state index is 13.6. The fraction of sp³-hybridized carbons (Fsp3) is 0.652. The minimum absolute atomic E-state index is 0.0523. The number of ether oxygens (including phenoxy) is 4. The first kappa shape index (κ1) is 24.0. The number of urea groups is 1. The molecule has 9 nitrogen and oxygen atoms in total. The number of fused-ring (bicyclic) bond motifs is 1. The van der Waals surface area contributed by atoms with E-state index in [2.05, 4.69) is 0 Å². The van der Waals surface area contributed by atoms with Gasteiger partial charge in [0.05, 0.1) is 40.0 Å². The summed E-state index contributed by atoms with van der Waals surface area (Å²) in [5.74, 6) is 1.93. The van der Waals surface area contributed by atoms with Crippen LogP contribution in [0.25, 0.3) is 0 Å². The van der Waals surface area contributed by atoms with Crippen molar-refractivity contribution in [3.8, 4) is 17.2 Å². The molecule has 0 aliphatic carbocycles. The molecule has 1 atom stereocenters. The largest absolute Gasteiger partial charge is 0.493 e. The van der Waals surface area contributed by atoms with Crippen molar-refractivity contribution in [3.05, 3.63) is 17.7 Å². The molecule has 1 aromatic carbocycles. The molecule has 0 bridgehead atoms. The van der Waals surface area contributed by atoms with Gasteiger partial charge in [-0.3, -0.25) is 4.90 Å². The molecule has 3 rings (SSSR count). The molecule has 1 unspecified atom stereocenters. The first-order valence-electron chi connectivity index (χ1n) is 11.1. The lowest BCUT2D eigenvalue weighted by atomic mass is 10.1.